The highest BCUT2D eigenvalue weighted by atomic mass is 32.2. The van der Waals surface area contributed by atoms with Crippen molar-refractivity contribution in [2.75, 3.05) is 0 Å². The van der Waals surface area contributed by atoms with Crippen molar-refractivity contribution in [3.8, 4) is 0 Å². The number of carbonyl (C=O) groups excluding carboxylic acids is 1. The summed E-state index contributed by atoms with van der Waals surface area (Å²) < 4.78 is 27.7. The molecular formula is C17H19NO4S. The number of aryl methyl sites for hydroxylation is 1. The average Bonchev–Trinajstić information content (AvgIpc) is 2.53. The highest BCUT2D eigenvalue weighted by molar-refractivity contribution is 7.89. The van der Waals surface area contributed by atoms with Crippen LogP contribution in [0.4, 0.5) is 0 Å². The monoisotopic (exact) mass is 333 g/mol. The van der Waals surface area contributed by atoms with Crippen LogP contribution in [0.3, 0.4) is 0 Å². The van der Waals surface area contributed by atoms with Gasteiger partial charge in [-0.3, -0.25) is 4.79 Å². The SMILES string of the molecule is C[C@H](OC(=O)CCc1ccc(S(N)(=O)=O)cc1)c1ccccc1. The minimum Gasteiger partial charge on any atom is -0.458 e. The van der Waals surface area contributed by atoms with Crippen molar-refractivity contribution >= 4 is 16.0 Å². The molecule has 0 fully saturated rings. The van der Waals surface area contributed by atoms with Gasteiger partial charge in [-0.1, -0.05) is 42.5 Å². The first-order chi connectivity index (χ1) is 10.9. The van der Waals surface area contributed by atoms with Gasteiger partial charge in [0.1, 0.15) is 6.10 Å². The van der Waals surface area contributed by atoms with Crippen LogP contribution >= 0.6 is 0 Å². The Morgan fingerprint density at radius 3 is 2.26 bits per heavy atom. The van der Waals surface area contributed by atoms with Gasteiger partial charge in [0.25, 0.3) is 0 Å². The number of benzene rings is 2. The van der Waals surface area contributed by atoms with Crippen LogP contribution in [0.15, 0.2) is 59.5 Å². The van der Waals surface area contributed by atoms with E-state index in [1.165, 1.54) is 12.1 Å². The molecule has 0 aliphatic carbocycles. The van der Waals surface area contributed by atoms with E-state index in [2.05, 4.69) is 0 Å². The van der Waals surface area contributed by atoms with Crippen molar-refractivity contribution in [3.05, 3.63) is 65.7 Å². The van der Waals surface area contributed by atoms with E-state index in [0.29, 0.717) is 6.42 Å². The summed E-state index contributed by atoms with van der Waals surface area (Å²) in [5.74, 6) is -0.295. The molecule has 122 valence electrons. The van der Waals surface area contributed by atoms with Crippen molar-refractivity contribution in [2.24, 2.45) is 5.14 Å². The van der Waals surface area contributed by atoms with Crippen LogP contribution in [0.25, 0.3) is 0 Å². The zero-order valence-corrected chi connectivity index (χ0v) is 13.6. The van der Waals surface area contributed by atoms with Gasteiger partial charge in [0, 0.05) is 6.42 Å². The summed E-state index contributed by atoms with van der Waals surface area (Å²) in [4.78, 5) is 11.9. The Morgan fingerprint density at radius 2 is 1.70 bits per heavy atom. The van der Waals surface area contributed by atoms with Gasteiger partial charge in [-0.05, 0) is 36.6 Å². The number of nitrogens with two attached hydrogens (primary N) is 1. The minimum absolute atomic E-state index is 0.0570. The molecule has 0 aliphatic heterocycles. The molecule has 1 atom stereocenters. The zero-order valence-electron chi connectivity index (χ0n) is 12.8. The van der Waals surface area contributed by atoms with E-state index in [0.717, 1.165) is 11.1 Å². The first-order valence-electron chi connectivity index (χ1n) is 7.22. The lowest BCUT2D eigenvalue weighted by Crippen LogP contribution is -2.12. The lowest BCUT2D eigenvalue weighted by Gasteiger charge is -2.13. The fourth-order valence-corrected chi connectivity index (χ4v) is 2.66. The second-order valence-electron chi connectivity index (χ2n) is 5.23. The van der Waals surface area contributed by atoms with E-state index in [1.807, 2.05) is 37.3 Å². The lowest BCUT2D eigenvalue weighted by atomic mass is 10.1. The molecular weight excluding hydrogens is 314 g/mol. The van der Waals surface area contributed by atoms with E-state index in [9.17, 15) is 13.2 Å². The lowest BCUT2D eigenvalue weighted by molar-refractivity contribution is -0.148. The van der Waals surface area contributed by atoms with E-state index < -0.39 is 10.0 Å². The van der Waals surface area contributed by atoms with Gasteiger partial charge in [0.05, 0.1) is 4.90 Å². The third kappa shape index (κ3) is 5.19. The van der Waals surface area contributed by atoms with Crippen LogP contribution in [0.2, 0.25) is 0 Å². The Balaban J connectivity index is 1.87. The Hall–Kier alpha value is -2.18. The Kier molecular flexibility index (Phi) is 5.52. The van der Waals surface area contributed by atoms with E-state index in [1.54, 1.807) is 12.1 Å². The maximum Gasteiger partial charge on any atom is 0.306 e. The Labute approximate surface area is 136 Å². The number of carbonyl (C=O) groups is 1. The Morgan fingerprint density at radius 1 is 1.09 bits per heavy atom. The highest BCUT2D eigenvalue weighted by Crippen LogP contribution is 2.17. The summed E-state index contributed by atoms with van der Waals surface area (Å²) in [6.07, 6.45) is 0.408. The van der Waals surface area contributed by atoms with Crippen LogP contribution < -0.4 is 5.14 Å². The molecule has 5 nitrogen and oxygen atoms in total. The summed E-state index contributed by atoms with van der Waals surface area (Å²) in [6.45, 7) is 1.83. The van der Waals surface area contributed by atoms with Crippen molar-refractivity contribution in [3.63, 3.8) is 0 Å². The number of rotatable bonds is 6. The molecule has 2 N–H and O–H groups in total. The van der Waals surface area contributed by atoms with Gasteiger partial charge in [0.15, 0.2) is 0 Å². The van der Waals surface area contributed by atoms with Crippen LogP contribution in [0, 0.1) is 0 Å². The van der Waals surface area contributed by atoms with Crippen molar-refractivity contribution < 1.29 is 17.9 Å². The molecule has 0 amide bonds. The first kappa shape index (κ1) is 17.2. The molecule has 6 heteroatoms. The summed E-state index contributed by atoms with van der Waals surface area (Å²) in [5.41, 5.74) is 1.79. The summed E-state index contributed by atoms with van der Waals surface area (Å²) in [5, 5.41) is 5.04. The Bertz CT molecular complexity index is 755. The number of hydrogen-bond acceptors (Lipinski definition) is 4. The quantitative estimate of drug-likeness (QED) is 0.823. The van der Waals surface area contributed by atoms with Crippen LogP contribution in [0.5, 0.6) is 0 Å². The van der Waals surface area contributed by atoms with Gasteiger partial charge in [-0.2, -0.15) is 0 Å². The van der Waals surface area contributed by atoms with Crippen molar-refractivity contribution in [1.82, 2.24) is 0 Å². The summed E-state index contributed by atoms with van der Waals surface area (Å²) >= 11 is 0. The largest absolute Gasteiger partial charge is 0.458 e. The highest BCUT2D eigenvalue weighted by Gasteiger charge is 2.12. The molecule has 0 aromatic heterocycles. The van der Waals surface area contributed by atoms with Crippen LogP contribution in [-0.4, -0.2) is 14.4 Å². The summed E-state index contributed by atoms with van der Waals surface area (Å²) in [7, 11) is -3.69. The third-order valence-electron chi connectivity index (χ3n) is 3.45. The number of ether oxygens (including phenoxy) is 1. The average molecular weight is 333 g/mol. The second kappa shape index (κ2) is 7.39. The van der Waals surface area contributed by atoms with Crippen LogP contribution in [-0.2, 0) is 26.0 Å². The number of primary sulfonamides is 1. The first-order valence-corrected chi connectivity index (χ1v) is 8.77. The molecule has 0 saturated heterocycles. The molecule has 23 heavy (non-hydrogen) atoms. The predicted molar refractivity (Wildman–Crippen MR) is 87.1 cm³/mol. The molecule has 0 bridgehead atoms. The van der Waals surface area contributed by atoms with E-state index in [-0.39, 0.29) is 23.4 Å². The second-order valence-corrected chi connectivity index (χ2v) is 6.79. The zero-order chi connectivity index (χ0) is 16.9. The molecule has 0 heterocycles. The van der Waals surface area contributed by atoms with Crippen molar-refractivity contribution in [1.29, 1.82) is 0 Å². The molecule has 0 spiro atoms. The minimum atomic E-state index is -3.69. The molecule has 0 saturated carbocycles. The molecule has 2 rings (SSSR count). The molecule has 2 aromatic rings. The van der Waals surface area contributed by atoms with E-state index in [4.69, 9.17) is 9.88 Å². The normalized spacial score (nSPS) is 12.6. The maximum absolute atomic E-state index is 11.9. The van der Waals surface area contributed by atoms with Gasteiger partial charge in [-0.25, -0.2) is 13.6 Å². The van der Waals surface area contributed by atoms with Gasteiger partial charge >= 0.3 is 5.97 Å². The summed E-state index contributed by atoms with van der Waals surface area (Å²) in [6, 6.07) is 15.7. The fraction of sp³-hybridized carbons (Fsp3) is 0.235. The van der Waals surface area contributed by atoms with Gasteiger partial charge in [-0.15, -0.1) is 0 Å². The maximum atomic E-state index is 11.9. The van der Waals surface area contributed by atoms with Crippen LogP contribution in [0.1, 0.15) is 30.6 Å². The predicted octanol–water partition coefficient (Wildman–Crippen LogP) is 2.57. The number of esters is 1. The van der Waals surface area contributed by atoms with Gasteiger partial charge in [0.2, 0.25) is 10.0 Å². The number of sulfonamides is 1. The molecule has 0 radical (unpaired) electrons. The van der Waals surface area contributed by atoms with Crippen molar-refractivity contribution in [2.45, 2.75) is 30.8 Å². The smallest absolute Gasteiger partial charge is 0.306 e. The number of hydrogen-bond donors (Lipinski definition) is 1. The topological polar surface area (TPSA) is 86.5 Å². The third-order valence-corrected chi connectivity index (χ3v) is 4.38. The van der Waals surface area contributed by atoms with Gasteiger partial charge < -0.3 is 4.74 Å². The molecule has 2 aromatic carbocycles. The molecule has 0 aliphatic rings. The van der Waals surface area contributed by atoms with E-state index >= 15 is 0 Å². The molecule has 0 unspecified atom stereocenters. The standard InChI is InChI=1S/C17H19NO4S/c1-13(15-5-3-2-4-6-15)22-17(19)12-9-14-7-10-16(11-8-14)23(18,20)21/h2-8,10-11,13H,9,12H2,1H3,(H2,18,20,21)/t13-/m0/s1. The fourth-order valence-electron chi connectivity index (χ4n) is 2.14.